The lowest BCUT2D eigenvalue weighted by Gasteiger charge is -2.13. The van der Waals surface area contributed by atoms with Crippen LogP contribution in [0.15, 0.2) is 54.6 Å². The molecule has 1 heterocycles. The van der Waals surface area contributed by atoms with Crippen molar-refractivity contribution in [1.82, 2.24) is 10.2 Å². The molecule has 1 atom stereocenters. The van der Waals surface area contributed by atoms with E-state index in [-0.39, 0.29) is 5.91 Å². The summed E-state index contributed by atoms with van der Waals surface area (Å²) in [4.78, 5) is 22.8. The number of rotatable bonds is 4. The zero-order chi connectivity index (χ0) is 21.5. The Morgan fingerprint density at radius 1 is 1.03 bits per heavy atom. The first kappa shape index (κ1) is 21.8. The standard InChI is InChI=1S/C20H23N.C5H7NO3/c1-21(2)15-7-12-20-18-10-5-3-8-16(18)13-14-17-9-4-6-11-19(17)20;7-4-2-1-3(6-4)5(8)9/h3-6,8-12H,7,13-15H2,1-2H3;3H,1-2H2,(H,6,7)(H,8,9)/t;3-/m.0/s1. The Bertz CT molecular complexity index is 884. The highest BCUT2D eigenvalue weighted by atomic mass is 16.4. The molecule has 5 heteroatoms. The van der Waals surface area contributed by atoms with Crippen molar-refractivity contribution < 1.29 is 14.7 Å². The molecule has 5 nitrogen and oxygen atoms in total. The van der Waals surface area contributed by atoms with Crippen LogP contribution in [0.5, 0.6) is 0 Å². The zero-order valence-corrected chi connectivity index (χ0v) is 17.7. The lowest BCUT2D eigenvalue weighted by atomic mass is 9.93. The number of benzene rings is 2. The Morgan fingerprint density at radius 2 is 1.60 bits per heavy atom. The van der Waals surface area contributed by atoms with Crippen LogP contribution in [0.4, 0.5) is 0 Å². The van der Waals surface area contributed by atoms with Gasteiger partial charge in [-0.05, 0) is 67.6 Å². The van der Waals surface area contributed by atoms with Crippen LogP contribution in [0.2, 0.25) is 0 Å². The Labute approximate surface area is 178 Å². The predicted octanol–water partition coefficient (Wildman–Crippen LogP) is 3.52. The largest absolute Gasteiger partial charge is 0.480 e. The second kappa shape index (κ2) is 10.2. The molecule has 2 aliphatic rings. The molecule has 1 aliphatic heterocycles. The summed E-state index contributed by atoms with van der Waals surface area (Å²) in [5.41, 5.74) is 7.21. The molecule has 30 heavy (non-hydrogen) atoms. The number of carboxylic acid groups (broad SMARTS) is 1. The van der Waals surface area contributed by atoms with Crippen LogP contribution in [0, 0.1) is 0 Å². The van der Waals surface area contributed by atoms with Crippen LogP contribution in [-0.2, 0) is 22.4 Å². The van der Waals surface area contributed by atoms with Crippen molar-refractivity contribution in [3.8, 4) is 0 Å². The van der Waals surface area contributed by atoms with Gasteiger partial charge in [0.25, 0.3) is 0 Å². The van der Waals surface area contributed by atoms with E-state index in [1.165, 1.54) is 27.8 Å². The first-order valence-electron chi connectivity index (χ1n) is 10.5. The van der Waals surface area contributed by atoms with E-state index in [1.807, 2.05) is 0 Å². The molecule has 0 bridgehead atoms. The number of nitrogens with one attached hydrogen (secondary N) is 1. The molecule has 1 saturated heterocycles. The molecule has 0 spiro atoms. The molecule has 4 rings (SSSR count). The number of carboxylic acids is 1. The Morgan fingerprint density at radius 3 is 2.03 bits per heavy atom. The van der Waals surface area contributed by atoms with Gasteiger partial charge in [0.15, 0.2) is 0 Å². The number of hydrogen-bond donors (Lipinski definition) is 2. The van der Waals surface area contributed by atoms with Crippen LogP contribution in [0.25, 0.3) is 5.57 Å². The molecule has 2 aromatic rings. The van der Waals surface area contributed by atoms with Gasteiger partial charge in [0.2, 0.25) is 5.91 Å². The van der Waals surface area contributed by atoms with Gasteiger partial charge in [0, 0.05) is 13.0 Å². The maximum Gasteiger partial charge on any atom is 0.326 e. The molecule has 2 N–H and O–H groups in total. The van der Waals surface area contributed by atoms with Gasteiger partial charge in [-0.1, -0.05) is 54.6 Å². The summed E-state index contributed by atoms with van der Waals surface area (Å²) in [6, 6.07) is 17.1. The summed E-state index contributed by atoms with van der Waals surface area (Å²) in [7, 11) is 4.26. The van der Waals surface area contributed by atoms with E-state index in [2.05, 4.69) is 78.9 Å². The summed E-state index contributed by atoms with van der Waals surface area (Å²) < 4.78 is 0. The molecule has 1 aliphatic carbocycles. The van der Waals surface area contributed by atoms with Gasteiger partial charge in [-0.2, -0.15) is 0 Å². The number of aliphatic carboxylic acids is 1. The predicted molar refractivity (Wildman–Crippen MR) is 119 cm³/mol. The molecule has 0 saturated carbocycles. The summed E-state index contributed by atoms with van der Waals surface area (Å²) >= 11 is 0. The average Bonchev–Trinajstić information content (AvgIpc) is 3.11. The number of aryl methyl sites for hydroxylation is 2. The zero-order valence-electron chi connectivity index (χ0n) is 17.7. The monoisotopic (exact) mass is 406 g/mol. The summed E-state index contributed by atoms with van der Waals surface area (Å²) in [5, 5.41) is 10.6. The van der Waals surface area contributed by atoms with E-state index < -0.39 is 12.0 Å². The minimum absolute atomic E-state index is 0.164. The van der Waals surface area contributed by atoms with Gasteiger partial charge in [0.05, 0.1) is 0 Å². The average molecular weight is 407 g/mol. The van der Waals surface area contributed by atoms with Crippen molar-refractivity contribution in [2.24, 2.45) is 0 Å². The summed E-state index contributed by atoms with van der Waals surface area (Å²) in [6.07, 6.45) is 6.55. The van der Waals surface area contributed by atoms with E-state index in [9.17, 15) is 9.59 Å². The maximum absolute atomic E-state index is 10.4. The molecular formula is C25H30N2O3. The van der Waals surface area contributed by atoms with E-state index in [1.54, 1.807) is 0 Å². The van der Waals surface area contributed by atoms with Crippen molar-refractivity contribution >= 4 is 17.4 Å². The van der Waals surface area contributed by atoms with Gasteiger partial charge >= 0.3 is 5.97 Å². The number of nitrogens with zero attached hydrogens (tertiary/aromatic N) is 1. The number of fused-ring (bicyclic) bond motifs is 2. The normalized spacial score (nSPS) is 17.2. The molecule has 2 aromatic carbocycles. The number of carbonyl (C=O) groups excluding carboxylic acids is 1. The van der Waals surface area contributed by atoms with Gasteiger partial charge in [-0.3, -0.25) is 4.79 Å². The van der Waals surface area contributed by atoms with Gasteiger partial charge in [0.1, 0.15) is 6.04 Å². The third-order valence-electron chi connectivity index (χ3n) is 5.50. The number of carbonyl (C=O) groups is 2. The van der Waals surface area contributed by atoms with Crippen LogP contribution < -0.4 is 5.32 Å². The van der Waals surface area contributed by atoms with E-state index in [0.29, 0.717) is 12.8 Å². The summed E-state index contributed by atoms with van der Waals surface area (Å²) in [5.74, 6) is -1.11. The fraction of sp³-hybridized carbons (Fsp3) is 0.360. The lowest BCUT2D eigenvalue weighted by molar-refractivity contribution is -0.140. The van der Waals surface area contributed by atoms with Crippen LogP contribution in [0.1, 0.15) is 41.5 Å². The molecule has 158 valence electrons. The van der Waals surface area contributed by atoms with Gasteiger partial charge in [-0.25, -0.2) is 4.79 Å². The highest BCUT2D eigenvalue weighted by Crippen LogP contribution is 2.33. The number of hydrogen-bond acceptors (Lipinski definition) is 3. The first-order valence-corrected chi connectivity index (χ1v) is 10.5. The second-order valence-electron chi connectivity index (χ2n) is 8.02. The topological polar surface area (TPSA) is 69.6 Å². The maximum atomic E-state index is 10.4. The third-order valence-corrected chi connectivity index (χ3v) is 5.50. The highest BCUT2D eigenvalue weighted by molar-refractivity contribution is 5.87. The molecule has 1 fully saturated rings. The van der Waals surface area contributed by atoms with Crippen molar-refractivity contribution in [3.05, 3.63) is 76.9 Å². The van der Waals surface area contributed by atoms with E-state index >= 15 is 0 Å². The van der Waals surface area contributed by atoms with Gasteiger partial charge in [-0.15, -0.1) is 0 Å². The molecular weight excluding hydrogens is 376 g/mol. The minimum Gasteiger partial charge on any atom is -0.480 e. The van der Waals surface area contributed by atoms with Crippen molar-refractivity contribution in [2.75, 3.05) is 20.6 Å². The van der Waals surface area contributed by atoms with Crippen LogP contribution in [-0.4, -0.2) is 48.6 Å². The molecule has 1 amide bonds. The second-order valence-corrected chi connectivity index (χ2v) is 8.02. The van der Waals surface area contributed by atoms with Crippen LogP contribution >= 0.6 is 0 Å². The smallest absolute Gasteiger partial charge is 0.326 e. The van der Waals surface area contributed by atoms with Crippen LogP contribution in [0.3, 0.4) is 0 Å². The van der Waals surface area contributed by atoms with Crippen molar-refractivity contribution in [1.29, 1.82) is 0 Å². The van der Waals surface area contributed by atoms with Crippen molar-refractivity contribution in [3.63, 3.8) is 0 Å². The quantitative estimate of drug-likeness (QED) is 0.815. The Balaban J connectivity index is 0.000000239. The molecule has 0 unspecified atom stereocenters. The fourth-order valence-corrected chi connectivity index (χ4v) is 3.90. The SMILES string of the molecule is CN(C)CCC=C1c2ccccc2CCc2ccccc21.O=C1CC[C@@H](C(=O)O)N1. The fourth-order valence-electron chi connectivity index (χ4n) is 3.90. The first-order chi connectivity index (χ1) is 14.5. The minimum atomic E-state index is -0.944. The Hall–Kier alpha value is -2.92. The molecule has 0 aromatic heterocycles. The number of amides is 1. The highest BCUT2D eigenvalue weighted by Gasteiger charge is 2.26. The summed E-state index contributed by atoms with van der Waals surface area (Å²) in [6.45, 7) is 1.09. The third kappa shape index (κ3) is 5.57. The van der Waals surface area contributed by atoms with E-state index in [4.69, 9.17) is 5.11 Å². The Kier molecular flexibility index (Phi) is 7.41. The van der Waals surface area contributed by atoms with Gasteiger partial charge < -0.3 is 15.3 Å². The van der Waals surface area contributed by atoms with E-state index in [0.717, 1.165) is 25.8 Å². The lowest BCUT2D eigenvalue weighted by Crippen LogP contribution is -2.32. The van der Waals surface area contributed by atoms with Crippen molar-refractivity contribution in [2.45, 2.75) is 38.1 Å². The molecule has 0 radical (unpaired) electrons.